The van der Waals surface area contributed by atoms with Crippen LogP contribution in [0.4, 0.5) is 0 Å². The lowest BCUT2D eigenvalue weighted by Gasteiger charge is -2.20. The molecule has 1 aliphatic carbocycles. The second-order valence-corrected chi connectivity index (χ2v) is 5.62. The van der Waals surface area contributed by atoms with Crippen LogP contribution in [0.3, 0.4) is 0 Å². The quantitative estimate of drug-likeness (QED) is 0.669. The minimum absolute atomic E-state index is 0.692. The minimum Gasteiger partial charge on any atom is -0.492 e. The molecule has 1 aliphatic rings. The van der Waals surface area contributed by atoms with Crippen molar-refractivity contribution in [2.45, 2.75) is 26.3 Å². The van der Waals surface area contributed by atoms with Gasteiger partial charge in [-0.15, -0.1) is 6.42 Å². The van der Waals surface area contributed by atoms with E-state index in [1.54, 1.807) is 0 Å². The van der Waals surface area contributed by atoms with Crippen molar-refractivity contribution in [3.8, 4) is 18.1 Å². The molecule has 0 aliphatic heterocycles. The molecule has 1 saturated carbocycles. The predicted octanol–water partition coefficient (Wildman–Crippen LogP) is 2.52. The van der Waals surface area contributed by atoms with E-state index in [2.05, 4.69) is 35.2 Å². The van der Waals surface area contributed by atoms with Crippen LogP contribution in [-0.2, 0) is 6.54 Å². The van der Waals surface area contributed by atoms with Crippen molar-refractivity contribution in [3.63, 3.8) is 0 Å². The van der Waals surface area contributed by atoms with Gasteiger partial charge in [0.15, 0.2) is 0 Å². The fourth-order valence-corrected chi connectivity index (χ4v) is 2.36. The number of hydrogen-bond donors (Lipinski definition) is 1. The highest BCUT2D eigenvalue weighted by Gasteiger charge is 2.23. The van der Waals surface area contributed by atoms with Gasteiger partial charge in [0.05, 0.1) is 6.54 Å². The van der Waals surface area contributed by atoms with E-state index in [0.29, 0.717) is 6.61 Å². The van der Waals surface area contributed by atoms with Crippen LogP contribution < -0.4 is 10.1 Å². The molecule has 0 spiro atoms. The highest BCUT2D eigenvalue weighted by molar-refractivity contribution is 5.33. The van der Waals surface area contributed by atoms with Gasteiger partial charge in [-0.1, -0.05) is 31.0 Å². The van der Waals surface area contributed by atoms with Crippen LogP contribution in [0.1, 0.15) is 25.3 Å². The Morgan fingerprint density at radius 2 is 2.19 bits per heavy atom. The van der Waals surface area contributed by atoms with Crippen molar-refractivity contribution < 1.29 is 4.74 Å². The summed E-state index contributed by atoms with van der Waals surface area (Å²) in [4.78, 5) is 2.32. The maximum absolute atomic E-state index is 5.96. The molecule has 1 aromatic rings. The van der Waals surface area contributed by atoms with E-state index in [-0.39, 0.29) is 0 Å². The number of ether oxygens (including phenoxy) is 1. The van der Waals surface area contributed by atoms with E-state index in [9.17, 15) is 0 Å². The Balaban J connectivity index is 1.79. The molecule has 0 radical (unpaired) electrons. The standard InChI is InChI=1S/C18H26N2O/c1-3-11-20(15-16-9-10-16)12-13-21-18-8-6-5-7-17(18)14-19-4-2/h1,5-8,16,19H,4,9-15H2,2H3. The Bertz CT molecular complexity index is 463. The van der Waals surface area contributed by atoms with Gasteiger partial charge in [-0.3, -0.25) is 4.90 Å². The van der Waals surface area contributed by atoms with Crippen molar-refractivity contribution in [1.29, 1.82) is 0 Å². The topological polar surface area (TPSA) is 24.5 Å². The lowest BCUT2D eigenvalue weighted by Crippen LogP contribution is -2.31. The molecular weight excluding hydrogens is 260 g/mol. The summed E-state index contributed by atoms with van der Waals surface area (Å²) in [5.74, 6) is 4.59. The number of rotatable bonds is 10. The maximum Gasteiger partial charge on any atom is 0.123 e. The molecule has 1 aromatic carbocycles. The Morgan fingerprint density at radius 3 is 2.90 bits per heavy atom. The van der Waals surface area contributed by atoms with Gasteiger partial charge in [0.1, 0.15) is 12.4 Å². The number of para-hydroxylation sites is 1. The van der Waals surface area contributed by atoms with E-state index in [1.807, 2.05) is 12.1 Å². The van der Waals surface area contributed by atoms with Gasteiger partial charge in [-0.05, 0) is 31.4 Å². The molecule has 0 atom stereocenters. The number of nitrogens with zero attached hydrogens (tertiary/aromatic N) is 1. The molecule has 21 heavy (non-hydrogen) atoms. The fourth-order valence-electron chi connectivity index (χ4n) is 2.36. The first-order chi connectivity index (χ1) is 10.3. The van der Waals surface area contributed by atoms with Crippen molar-refractivity contribution >= 4 is 0 Å². The summed E-state index contributed by atoms with van der Waals surface area (Å²) in [6.45, 7) is 7.35. The lowest BCUT2D eigenvalue weighted by atomic mass is 10.2. The molecule has 0 heterocycles. The summed E-state index contributed by atoms with van der Waals surface area (Å²) in [5.41, 5.74) is 1.21. The SMILES string of the molecule is C#CCN(CCOc1ccccc1CNCC)CC1CC1. The minimum atomic E-state index is 0.692. The molecule has 114 valence electrons. The highest BCUT2D eigenvalue weighted by Crippen LogP contribution is 2.29. The summed E-state index contributed by atoms with van der Waals surface area (Å²) in [6, 6.07) is 8.23. The van der Waals surface area contributed by atoms with Gasteiger partial charge in [-0.25, -0.2) is 0 Å². The maximum atomic E-state index is 5.96. The molecule has 0 bridgehead atoms. The van der Waals surface area contributed by atoms with Crippen molar-refractivity contribution in [3.05, 3.63) is 29.8 Å². The van der Waals surface area contributed by atoms with Gasteiger partial charge in [0.25, 0.3) is 0 Å². The summed E-state index contributed by atoms with van der Waals surface area (Å²) >= 11 is 0. The number of benzene rings is 1. The van der Waals surface area contributed by atoms with Crippen LogP contribution in [0.2, 0.25) is 0 Å². The van der Waals surface area contributed by atoms with Crippen molar-refractivity contribution in [1.82, 2.24) is 10.2 Å². The number of nitrogens with one attached hydrogen (secondary N) is 1. The molecule has 0 unspecified atom stereocenters. The van der Waals surface area contributed by atoms with Crippen LogP contribution in [0, 0.1) is 18.3 Å². The average Bonchev–Trinajstić information content (AvgIpc) is 3.30. The summed E-state index contributed by atoms with van der Waals surface area (Å²) in [5, 5.41) is 3.34. The number of terminal acetylenes is 1. The normalized spacial score (nSPS) is 14.1. The third-order valence-electron chi connectivity index (χ3n) is 3.73. The van der Waals surface area contributed by atoms with E-state index in [0.717, 1.165) is 44.4 Å². The van der Waals surface area contributed by atoms with Gasteiger partial charge in [0, 0.05) is 25.2 Å². The molecule has 2 rings (SSSR count). The third-order valence-corrected chi connectivity index (χ3v) is 3.73. The molecule has 3 nitrogen and oxygen atoms in total. The zero-order chi connectivity index (χ0) is 14.9. The van der Waals surface area contributed by atoms with Crippen LogP contribution >= 0.6 is 0 Å². The van der Waals surface area contributed by atoms with Crippen LogP contribution in [0.5, 0.6) is 5.75 Å². The Morgan fingerprint density at radius 1 is 1.38 bits per heavy atom. The first-order valence-corrected chi connectivity index (χ1v) is 7.90. The summed E-state index contributed by atoms with van der Waals surface area (Å²) in [6.07, 6.45) is 8.16. The first-order valence-electron chi connectivity index (χ1n) is 7.90. The highest BCUT2D eigenvalue weighted by atomic mass is 16.5. The molecule has 1 fully saturated rings. The smallest absolute Gasteiger partial charge is 0.123 e. The van der Waals surface area contributed by atoms with Crippen molar-refractivity contribution in [2.24, 2.45) is 5.92 Å². The molecule has 0 amide bonds. The third kappa shape index (κ3) is 5.79. The molecule has 0 aromatic heterocycles. The second-order valence-electron chi connectivity index (χ2n) is 5.62. The zero-order valence-electron chi connectivity index (χ0n) is 13.0. The Kier molecular flexibility index (Phi) is 6.59. The Hall–Kier alpha value is -1.50. The van der Waals surface area contributed by atoms with Gasteiger partial charge >= 0.3 is 0 Å². The number of hydrogen-bond acceptors (Lipinski definition) is 3. The first kappa shape index (κ1) is 15.9. The van der Waals surface area contributed by atoms with Crippen LogP contribution in [0.25, 0.3) is 0 Å². The fraction of sp³-hybridized carbons (Fsp3) is 0.556. The van der Waals surface area contributed by atoms with E-state index < -0.39 is 0 Å². The summed E-state index contributed by atoms with van der Waals surface area (Å²) in [7, 11) is 0. The lowest BCUT2D eigenvalue weighted by molar-refractivity contribution is 0.218. The van der Waals surface area contributed by atoms with Crippen LogP contribution in [0.15, 0.2) is 24.3 Å². The average molecular weight is 286 g/mol. The van der Waals surface area contributed by atoms with E-state index in [1.165, 1.54) is 18.4 Å². The zero-order valence-corrected chi connectivity index (χ0v) is 13.0. The summed E-state index contributed by atoms with van der Waals surface area (Å²) < 4.78 is 5.96. The van der Waals surface area contributed by atoms with Gasteiger partial charge in [-0.2, -0.15) is 0 Å². The second kappa shape index (κ2) is 8.71. The Labute approximate surface area is 128 Å². The molecule has 0 saturated heterocycles. The van der Waals surface area contributed by atoms with E-state index in [4.69, 9.17) is 11.2 Å². The molecule has 1 N–H and O–H groups in total. The largest absolute Gasteiger partial charge is 0.492 e. The van der Waals surface area contributed by atoms with Crippen LogP contribution in [-0.4, -0.2) is 37.7 Å². The van der Waals surface area contributed by atoms with E-state index >= 15 is 0 Å². The van der Waals surface area contributed by atoms with Gasteiger partial charge in [0.2, 0.25) is 0 Å². The van der Waals surface area contributed by atoms with Gasteiger partial charge < -0.3 is 10.1 Å². The molecule has 3 heteroatoms. The predicted molar refractivity (Wildman–Crippen MR) is 87.3 cm³/mol. The molecular formula is C18H26N2O. The van der Waals surface area contributed by atoms with Crippen molar-refractivity contribution in [2.75, 3.05) is 32.8 Å². The monoisotopic (exact) mass is 286 g/mol.